The molecule has 5 heteroatoms. The van der Waals surface area contributed by atoms with Gasteiger partial charge in [-0.3, -0.25) is 4.79 Å². The second-order valence-corrected chi connectivity index (χ2v) is 6.72. The molecule has 0 radical (unpaired) electrons. The molecule has 1 heterocycles. The van der Waals surface area contributed by atoms with Gasteiger partial charge in [0.15, 0.2) is 0 Å². The van der Waals surface area contributed by atoms with Crippen molar-refractivity contribution in [3.8, 4) is 0 Å². The van der Waals surface area contributed by atoms with Crippen LogP contribution in [0.2, 0.25) is 0 Å². The number of rotatable bonds is 2. The van der Waals surface area contributed by atoms with Crippen molar-refractivity contribution in [3.05, 3.63) is 34.7 Å². The van der Waals surface area contributed by atoms with Crippen molar-refractivity contribution in [1.82, 2.24) is 0 Å². The Balaban J connectivity index is 2.80. The number of benzene rings is 1. The van der Waals surface area contributed by atoms with Gasteiger partial charge in [0.2, 0.25) is 9.84 Å². The van der Waals surface area contributed by atoms with Gasteiger partial charge >= 0.3 is 5.97 Å². The Morgan fingerprint density at radius 2 is 1.89 bits per heavy atom. The lowest BCUT2D eigenvalue weighted by molar-refractivity contribution is -0.143. The average Bonchev–Trinajstić information content (AvgIpc) is 2.53. The maximum absolute atomic E-state index is 12.0. The zero-order valence-corrected chi connectivity index (χ0v) is 11.2. The SMILES string of the molecule is Cc1cccc2c1C(C(C)(C)C(=O)O)=CS2(=O)=O. The summed E-state index contributed by atoms with van der Waals surface area (Å²) in [6.45, 7) is 4.81. The molecule has 0 atom stereocenters. The molecule has 0 spiro atoms. The molecular weight excluding hydrogens is 252 g/mol. The molecule has 2 rings (SSSR count). The van der Waals surface area contributed by atoms with E-state index in [1.165, 1.54) is 19.9 Å². The third kappa shape index (κ3) is 1.66. The van der Waals surface area contributed by atoms with Crippen molar-refractivity contribution in [2.45, 2.75) is 25.7 Å². The quantitative estimate of drug-likeness (QED) is 0.891. The number of fused-ring (bicyclic) bond motifs is 1. The highest BCUT2D eigenvalue weighted by Gasteiger charge is 2.40. The first kappa shape index (κ1) is 12.8. The Labute approximate surface area is 106 Å². The zero-order valence-electron chi connectivity index (χ0n) is 10.4. The van der Waals surface area contributed by atoms with Gasteiger partial charge in [0.1, 0.15) is 0 Å². The molecule has 1 aliphatic heterocycles. The average molecular weight is 266 g/mol. The summed E-state index contributed by atoms with van der Waals surface area (Å²) in [5.74, 6) is -1.04. The highest BCUT2D eigenvalue weighted by atomic mass is 32.2. The van der Waals surface area contributed by atoms with Crippen molar-refractivity contribution >= 4 is 21.4 Å². The molecule has 0 aromatic heterocycles. The lowest BCUT2D eigenvalue weighted by Gasteiger charge is -2.22. The van der Waals surface area contributed by atoms with Crippen LogP contribution >= 0.6 is 0 Å². The molecular formula is C13H14O4S. The highest BCUT2D eigenvalue weighted by molar-refractivity contribution is 7.95. The van der Waals surface area contributed by atoms with E-state index in [1.54, 1.807) is 19.1 Å². The Morgan fingerprint density at radius 3 is 2.44 bits per heavy atom. The van der Waals surface area contributed by atoms with Crippen molar-refractivity contribution in [2.24, 2.45) is 5.41 Å². The van der Waals surface area contributed by atoms with Crippen LogP contribution in [0.25, 0.3) is 5.57 Å². The fraction of sp³-hybridized carbons (Fsp3) is 0.308. The number of carboxylic acids is 1. The Hall–Kier alpha value is -1.62. The molecule has 1 aromatic carbocycles. The Morgan fingerprint density at radius 1 is 1.28 bits per heavy atom. The number of aliphatic carboxylic acids is 1. The van der Waals surface area contributed by atoms with E-state index in [0.717, 1.165) is 11.0 Å². The molecule has 1 aliphatic rings. The maximum atomic E-state index is 12.0. The molecule has 0 fully saturated rings. The van der Waals surface area contributed by atoms with E-state index in [2.05, 4.69) is 0 Å². The summed E-state index contributed by atoms with van der Waals surface area (Å²) in [6, 6.07) is 4.96. The van der Waals surface area contributed by atoms with Crippen molar-refractivity contribution in [2.75, 3.05) is 0 Å². The summed E-state index contributed by atoms with van der Waals surface area (Å²) in [5, 5.41) is 10.3. The number of sulfone groups is 1. The largest absolute Gasteiger partial charge is 0.481 e. The van der Waals surface area contributed by atoms with E-state index in [-0.39, 0.29) is 4.90 Å². The van der Waals surface area contributed by atoms with Crippen LogP contribution in [-0.4, -0.2) is 19.5 Å². The van der Waals surface area contributed by atoms with Gasteiger partial charge in [-0.1, -0.05) is 12.1 Å². The fourth-order valence-corrected chi connectivity index (χ4v) is 3.75. The smallest absolute Gasteiger partial charge is 0.313 e. The van der Waals surface area contributed by atoms with Gasteiger partial charge in [-0.05, 0) is 38.0 Å². The molecule has 0 aliphatic carbocycles. The molecule has 1 aromatic rings. The summed E-state index contributed by atoms with van der Waals surface area (Å²) in [7, 11) is -3.52. The van der Waals surface area contributed by atoms with Gasteiger partial charge in [0.25, 0.3) is 0 Å². The minimum absolute atomic E-state index is 0.201. The van der Waals surface area contributed by atoms with Gasteiger partial charge in [-0.15, -0.1) is 0 Å². The van der Waals surface area contributed by atoms with Crippen molar-refractivity contribution in [1.29, 1.82) is 0 Å². The molecule has 1 N–H and O–H groups in total. The molecule has 0 saturated heterocycles. The lowest BCUT2D eigenvalue weighted by atomic mass is 9.80. The number of aryl methyl sites for hydroxylation is 1. The number of carbonyl (C=O) groups is 1. The van der Waals surface area contributed by atoms with Crippen LogP contribution in [0, 0.1) is 12.3 Å². The second kappa shape index (κ2) is 3.68. The third-order valence-corrected chi connectivity index (χ3v) is 4.79. The minimum atomic E-state index is -3.52. The first-order valence-corrected chi connectivity index (χ1v) is 7.03. The summed E-state index contributed by atoms with van der Waals surface area (Å²) < 4.78 is 24.0. The zero-order chi connectivity index (χ0) is 13.7. The topological polar surface area (TPSA) is 71.4 Å². The van der Waals surface area contributed by atoms with E-state index in [0.29, 0.717) is 11.1 Å². The molecule has 18 heavy (non-hydrogen) atoms. The molecule has 0 amide bonds. The van der Waals surface area contributed by atoms with Crippen LogP contribution in [-0.2, 0) is 14.6 Å². The van der Waals surface area contributed by atoms with Gasteiger partial charge in [0, 0.05) is 11.0 Å². The van der Waals surface area contributed by atoms with Gasteiger partial charge in [-0.2, -0.15) is 0 Å². The minimum Gasteiger partial charge on any atom is -0.481 e. The fourth-order valence-electron chi connectivity index (χ4n) is 2.08. The number of hydrogen-bond donors (Lipinski definition) is 1. The predicted octanol–water partition coefficient (Wildman–Crippen LogP) is 2.23. The van der Waals surface area contributed by atoms with E-state index < -0.39 is 21.2 Å². The van der Waals surface area contributed by atoms with Gasteiger partial charge in [0.05, 0.1) is 10.3 Å². The van der Waals surface area contributed by atoms with Crippen LogP contribution in [0.3, 0.4) is 0 Å². The maximum Gasteiger partial charge on any atom is 0.313 e. The van der Waals surface area contributed by atoms with Crippen molar-refractivity contribution < 1.29 is 18.3 Å². The van der Waals surface area contributed by atoms with E-state index in [9.17, 15) is 18.3 Å². The van der Waals surface area contributed by atoms with Gasteiger partial charge in [-0.25, -0.2) is 8.42 Å². The van der Waals surface area contributed by atoms with Crippen LogP contribution in [0.4, 0.5) is 0 Å². The third-order valence-electron chi connectivity index (χ3n) is 3.29. The van der Waals surface area contributed by atoms with E-state index in [4.69, 9.17) is 0 Å². The first-order valence-electron chi connectivity index (χ1n) is 5.48. The van der Waals surface area contributed by atoms with E-state index in [1.807, 2.05) is 0 Å². The monoisotopic (exact) mass is 266 g/mol. The first-order chi connectivity index (χ1) is 8.18. The van der Waals surface area contributed by atoms with Crippen molar-refractivity contribution in [3.63, 3.8) is 0 Å². The molecule has 96 valence electrons. The molecule has 0 unspecified atom stereocenters. The van der Waals surface area contributed by atoms with Crippen LogP contribution in [0.5, 0.6) is 0 Å². The predicted molar refractivity (Wildman–Crippen MR) is 67.8 cm³/mol. The Bertz CT molecular complexity index is 666. The standard InChI is InChI=1S/C13H14O4S/c1-8-5-4-6-10-11(8)9(7-18(10,16)17)13(2,3)12(14)15/h4-7H,1-3H3,(H,14,15). The summed E-state index contributed by atoms with van der Waals surface area (Å²) in [6.07, 6.45) is 0. The Kier molecular flexibility index (Phi) is 2.63. The van der Waals surface area contributed by atoms with Crippen LogP contribution in [0.15, 0.2) is 28.5 Å². The van der Waals surface area contributed by atoms with Gasteiger partial charge < -0.3 is 5.11 Å². The number of hydrogen-bond acceptors (Lipinski definition) is 3. The summed E-state index contributed by atoms with van der Waals surface area (Å²) in [4.78, 5) is 11.5. The lowest BCUT2D eigenvalue weighted by Crippen LogP contribution is -2.25. The molecule has 0 bridgehead atoms. The highest BCUT2D eigenvalue weighted by Crippen LogP contribution is 2.45. The normalized spacial score (nSPS) is 17.2. The molecule has 4 nitrogen and oxygen atoms in total. The van der Waals surface area contributed by atoms with Crippen LogP contribution < -0.4 is 0 Å². The number of carboxylic acid groups (broad SMARTS) is 1. The van der Waals surface area contributed by atoms with Crippen LogP contribution in [0.1, 0.15) is 25.0 Å². The summed E-state index contributed by atoms with van der Waals surface area (Å²) in [5.41, 5.74) is 0.423. The van der Waals surface area contributed by atoms with E-state index >= 15 is 0 Å². The summed E-state index contributed by atoms with van der Waals surface area (Å²) >= 11 is 0. The second-order valence-electron chi connectivity index (χ2n) is 4.95. The molecule has 0 saturated carbocycles.